The van der Waals surface area contributed by atoms with Crippen LogP contribution in [0.1, 0.15) is 18.5 Å². The van der Waals surface area contributed by atoms with Crippen molar-refractivity contribution in [2.75, 3.05) is 5.32 Å². The molecule has 1 aromatic carbocycles. The second kappa shape index (κ2) is 5.79. The van der Waals surface area contributed by atoms with Crippen LogP contribution < -0.4 is 5.32 Å². The molecule has 2 rings (SSSR count). The summed E-state index contributed by atoms with van der Waals surface area (Å²) in [5.74, 6) is 0.609. The maximum Gasteiger partial charge on any atom is 0.287 e. The number of hydrogen-bond acceptors (Lipinski definition) is 4. The molecule has 1 atom stereocenters. The van der Waals surface area contributed by atoms with Crippen LogP contribution in [0.2, 0.25) is 0 Å². The average molecular weight is 322 g/mol. The molecular weight excluding hydrogens is 310 g/mol. The topological polar surface area (TPSA) is 68.1 Å². The highest BCUT2D eigenvalue weighted by Crippen LogP contribution is 2.21. The third-order valence-corrected chi connectivity index (χ3v) is 3.17. The highest BCUT2D eigenvalue weighted by Gasteiger charge is 2.09. The van der Waals surface area contributed by atoms with Gasteiger partial charge < -0.3 is 5.32 Å². The molecule has 1 N–H and O–H groups in total. The van der Waals surface area contributed by atoms with Gasteiger partial charge in [0.2, 0.25) is 0 Å². The van der Waals surface area contributed by atoms with E-state index in [2.05, 4.69) is 26.2 Å². The Morgan fingerprint density at radius 3 is 2.74 bits per heavy atom. The minimum absolute atomic E-state index is 0.0133. The van der Waals surface area contributed by atoms with E-state index in [9.17, 15) is 10.1 Å². The van der Waals surface area contributed by atoms with E-state index in [1.807, 2.05) is 31.2 Å². The molecule has 0 unspecified atom stereocenters. The van der Waals surface area contributed by atoms with Crippen LogP contribution in [-0.4, -0.2) is 9.91 Å². The number of nitrogens with zero attached hydrogens (tertiary/aromatic N) is 2. The predicted octanol–water partition coefficient (Wildman–Crippen LogP) is 3.93. The first-order valence-electron chi connectivity index (χ1n) is 5.68. The van der Waals surface area contributed by atoms with Crippen molar-refractivity contribution in [3.8, 4) is 0 Å². The van der Waals surface area contributed by atoms with Crippen LogP contribution in [0, 0.1) is 10.1 Å². The number of rotatable bonds is 4. The van der Waals surface area contributed by atoms with Crippen molar-refractivity contribution in [1.29, 1.82) is 0 Å². The first-order chi connectivity index (χ1) is 9.06. The van der Waals surface area contributed by atoms with Crippen LogP contribution in [0.5, 0.6) is 0 Å². The molecule has 0 bridgehead atoms. The number of hydrogen-bond donors (Lipinski definition) is 1. The Morgan fingerprint density at radius 2 is 2.16 bits per heavy atom. The van der Waals surface area contributed by atoms with E-state index < -0.39 is 4.92 Å². The number of anilines is 1. The molecule has 2 aromatic rings. The van der Waals surface area contributed by atoms with Crippen molar-refractivity contribution in [1.82, 2.24) is 4.98 Å². The Balaban J connectivity index is 2.10. The van der Waals surface area contributed by atoms with Crippen molar-refractivity contribution in [2.45, 2.75) is 13.0 Å². The first-order valence-corrected chi connectivity index (χ1v) is 6.48. The molecule has 0 aliphatic heterocycles. The van der Waals surface area contributed by atoms with Gasteiger partial charge in [0.05, 0.1) is 4.92 Å². The van der Waals surface area contributed by atoms with E-state index in [1.54, 1.807) is 6.07 Å². The van der Waals surface area contributed by atoms with Gasteiger partial charge in [0.15, 0.2) is 0 Å². The van der Waals surface area contributed by atoms with Gasteiger partial charge in [0, 0.05) is 16.6 Å². The number of nitrogens with one attached hydrogen (secondary N) is 1. The highest BCUT2D eigenvalue weighted by molar-refractivity contribution is 9.10. The molecule has 5 nitrogen and oxygen atoms in total. The zero-order valence-corrected chi connectivity index (χ0v) is 11.8. The summed E-state index contributed by atoms with van der Waals surface area (Å²) < 4.78 is 1.01. The fourth-order valence-electron chi connectivity index (χ4n) is 1.66. The first kappa shape index (κ1) is 13.5. The lowest BCUT2D eigenvalue weighted by atomic mass is 10.1. The summed E-state index contributed by atoms with van der Waals surface area (Å²) in [6, 6.07) is 11.0. The molecule has 1 aromatic heterocycles. The number of benzene rings is 1. The Bertz CT molecular complexity index is 587. The maximum atomic E-state index is 10.5. The van der Waals surface area contributed by atoms with Crippen LogP contribution in [0.25, 0.3) is 0 Å². The molecule has 0 radical (unpaired) electrons. The van der Waals surface area contributed by atoms with Gasteiger partial charge in [-0.2, -0.15) is 0 Å². The Morgan fingerprint density at radius 1 is 1.37 bits per heavy atom. The normalized spacial score (nSPS) is 11.9. The molecular formula is C13H12BrN3O2. The monoisotopic (exact) mass is 321 g/mol. The molecule has 19 heavy (non-hydrogen) atoms. The van der Waals surface area contributed by atoms with E-state index in [0.717, 1.165) is 10.0 Å². The smallest absolute Gasteiger partial charge is 0.287 e. The molecule has 6 heteroatoms. The largest absolute Gasteiger partial charge is 0.364 e. The minimum Gasteiger partial charge on any atom is -0.364 e. The molecule has 0 aliphatic rings. The number of nitro groups is 1. The second-order valence-electron chi connectivity index (χ2n) is 4.08. The van der Waals surface area contributed by atoms with Gasteiger partial charge >= 0.3 is 0 Å². The molecule has 1 heterocycles. The van der Waals surface area contributed by atoms with Crippen molar-refractivity contribution >= 4 is 27.4 Å². The summed E-state index contributed by atoms with van der Waals surface area (Å²) in [7, 11) is 0. The van der Waals surface area contributed by atoms with E-state index in [1.165, 1.54) is 12.3 Å². The van der Waals surface area contributed by atoms with Gasteiger partial charge in [-0.15, -0.1) is 0 Å². The summed E-state index contributed by atoms with van der Waals surface area (Å²) in [5, 5.41) is 13.7. The van der Waals surface area contributed by atoms with Crippen LogP contribution in [0.3, 0.4) is 0 Å². The zero-order chi connectivity index (χ0) is 13.8. The van der Waals surface area contributed by atoms with Gasteiger partial charge in [0.1, 0.15) is 12.0 Å². The molecule has 0 amide bonds. The van der Waals surface area contributed by atoms with Crippen LogP contribution in [0.4, 0.5) is 11.5 Å². The summed E-state index contributed by atoms with van der Waals surface area (Å²) in [6.07, 6.45) is 1.25. The van der Waals surface area contributed by atoms with Gasteiger partial charge in [-0.05, 0) is 30.7 Å². The lowest BCUT2D eigenvalue weighted by Crippen LogP contribution is -2.07. The van der Waals surface area contributed by atoms with Crippen molar-refractivity contribution in [3.05, 3.63) is 62.7 Å². The van der Waals surface area contributed by atoms with Crippen LogP contribution >= 0.6 is 15.9 Å². The number of halogens is 1. The van der Waals surface area contributed by atoms with E-state index in [0.29, 0.717) is 5.82 Å². The summed E-state index contributed by atoms with van der Waals surface area (Å²) >= 11 is 3.42. The van der Waals surface area contributed by atoms with Crippen molar-refractivity contribution < 1.29 is 4.92 Å². The molecule has 0 saturated carbocycles. The molecule has 0 fully saturated rings. The van der Waals surface area contributed by atoms with Gasteiger partial charge in [-0.1, -0.05) is 28.1 Å². The lowest BCUT2D eigenvalue weighted by molar-refractivity contribution is -0.385. The van der Waals surface area contributed by atoms with E-state index in [-0.39, 0.29) is 11.7 Å². The van der Waals surface area contributed by atoms with Crippen molar-refractivity contribution in [2.24, 2.45) is 0 Å². The third-order valence-electron chi connectivity index (χ3n) is 2.67. The fraction of sp³-hybridized carbons (Fsp3) is 0.154. The molecule has 98 valence electrons. The second-order valence-corrected chi connectivity index (χ2v) is 5.00. The SMILES string of the molecule is C[C@@H](Nc1ccc([N+](=O)[O-])cn1)c1cccc(Br)c1. The standard InChI is InChI=1S/C13H12BrN3O2/c1-9(10-3-2-4-11(14)7-10)16-13-6-5-12(8-15-13)17(18)19/h2-9H,1H3,(H,15,16)/t9-/m1/s1. The van der Waals surface area contributed by atoms with Gasteiger partial charge in [-0.3, -0.25) is 10.1 Å². The minimum atomic E-state index is -0.464. The lowest BCUT2D eigenvalue weighted by Gasteiger charge is -2.15. The molecule has 0 aliphatic carbocycles. The molecule has 0 saturated heterocycles. The quantitative estimate of drug-likeness (QED) is 0.684. The van der Waals surface area contributed by atoms with Crippen LogP contribution in [0.15, 0.2) is 47.1 Å². The maximum absolute atomic E-state index is 10.5. The number of pyridine rings is 1. The van der Waals surface area contributed by atoms with Gasteiger partial charge in [-0.25, -0.2) is 4.98 Å². The number of aromatic nitrogens is 1. The van der Waals surface area contributed by atoms with E-state index in [4.69, 9.17) is 0 Å². The Labute approximate surface area is 119 Å². The summed E-state index contributed by atoms with van der Waals surface area (Å²) in [6.45, 7) is 2.00. The Hall–Kier alpha value is -1.95. The third kappa shape index (κ3) is 3.51. The van der Waals surface area contributed by atoms with E-state index >= 15 is 0 Å². The Kier molecular flexibility index (Phi) is 4.11. The van der Waals surface area contributed by atoms with Crippen LogP contribution in [-0.2, 0) is 0 Å². The van der Waals surface area contributed by atoms with Crippen molar-refractivity contribution in [3.63, 3.8) is 0 Å². The predicted molar refractivity (Wildman–Crippen MR) is 77.1 cm³/mol. The zero-order valence-electron chi connectivity index (χ0n) is 10.2. The summed E-state index contributed by atoms with van der Waals surface area (Å²) in [5.41, 5.74) is 1.09. The summed E-state index contributed by atoms with van der Waals surface area (Å²) in [4.78, 5) is 14.1. The highest BCUT2D eigenvalue weighted by atomic mass is 79.9. The van der Waals surface area contributed by atoms with Gasteiger partial charge in [0.25, 0.3) is 5.69 Å². The fourth-order valence-corrected chi connectivity index (χ4v) is 2.08. The molecule has 0 spiro atoms. The average Bonchev–Trinajstić information content (AvgIpc) is 2.39.